The van der Waals surface area contributed by atoms with Crippen molar-refractivity contribution in [3.8, 4) is 5.75 Å². The highest BCUT2D eigenvalue weighted by molar-refractivity contribution is 5.68. The van der Waals surface area contributed by atoms with E-state index in [1.165, 1.54) is 12.7 Å². The van der Waals surface area contributed by atoms with Gasteiger partial charge in [-0.1, -0.05) is 36.4 Å². The summed E-state index contributed by atoms with van der Waals surface area (Å²) in [6.07, 6.45) is 1.84. The van der Waals surface area contributed by atoms with Crippen LogP contribution in [0, 0.1) is 10.1 Å². The van der Waals surface area contributed by atoms with Gasteiger partial charge < -0.3 is 10.1 Å². The summed E-state index contributed by atoms with van der Waals surface area (Å²) in [5.41, 5.74) is 1.74. The third-order valence-electron chi connectivity index (χ3n) is 3.20. The van der Waals surface area contributed by atoms with Crippen LogP contribution in [-0.2, 0) is 6.42 Å². The van der Waals surface area contributed by atoms with Crippen LogP contribution in [0.15, 0.2) is 48.5 Å². The second-order valence-electron chi connectivity index (χ2n) is 4.63. The second kappa shape index (κ2) is 7.28. The van der Waals surface area contributed by atoms with E-state index in [1.54, 1.807) is 18.2 Å². The number of benzene rings is 2. The number of rotatable bonds is 7. The summed E-state index contributed by atoms with van der Waals surface area (Å²) in [5, 5.41) is 14.3. The summed E-state index contributed by atoms with van der Waals surface area (Å²) < 4.78 is 5.04. The van der Waals surface area contributed by atoms with Gasteiger partial charge in [0, 0.05) is 6.54 Å². The maximum absolute atomic E-state index is 11.1. The zero-order valence-corrected chi connectivity index (χ0v) is 11.9. The van der Waals surface area contributed by atoms with Crippen LogP contribution in [0.5, 0.6) is 5.75 Å². The maximum Gasteiger partial charge on any atom is 0.333 e. The minimum Gasteiger partial charge on any atom is -0.490 e. The molecule has 2 aromatic rings. The Hall–Kier alpha value is -2.56. The summed E-state index contributed by atoms with van der Waals surface area (Å²) >= 11 is 0. The molecule has 0 fully saturated rings. The molecular weight excluding hydrogens is 268 g/mol. The van der Waals surface area contributed by atoms with Crippen molar-refractivity contribution in [3.63, 3.8) is 0 Å². The molecule has 0 aliphatic carbocycles. The smallest absolute Gasteiger partial charge is 0.333 e. The number of nitrogens with zero attached hydrogens (tertiary/aromatic N) is 1. The van der Waals surface area contributed by atoms with E-state index in [2.05, 4.69) is 17.4 Å². The van der Waals surface area contributed by atoms with Crippen LogP contribution >= 0.6 is 0 Å². The summed E-state index contributed by atoms with van der Waals surface area (Å²) in [6, 6.07) is 15.2. The summed E-state index contributed by atoms with van der Waals surface area (Å²) in [4.78, 5) is 10.7. The van der Waals surface area contributed by atoms with Gasteiger partial charge in [0.1, 0.15) is 5.69 Å². The Morgan fingerprint density at radius 1 is 1.14 bits per heavy atom. The molecule has 0 saturated carbocycles. The monoisotopic (exact) mass is 286 g/mol. The number of hydrogen-bond donors (Lipinski definition) is 1. The molecule has 1 N–H and O–H groups in total. The van der Waals surface area contributed by atoms with Crippen molar-refractivity contribution in [3.05, 3.63) is 64.2 Å². The molecule has 0 saturated heterocycles. The third kappa shape index (κ3) is 3.95. The van der Waals surface area contributed by atoms with Crippen molar-refractivity contribution in [1.29, 1.82) is 0 Å². The van der Waals surface area contributed by atoms with E-state index < -0.39 is 4.92 Å². The minimum atomic E-state index is -0.418. The topological polar surface area (TPSA) is 64.4 Å². The highest BCUT2D eigenvalue weighted by Gasteiger charge is 2.19. The largest absolute Gasteiger partial charge is 0.490 e. The van der Waals surface area contributed by atoms with Crippen LogP contribution < -0.4 is 10.1 Å². The molecule has 110 valence electrons. The quantitative estimate of drug-likeness (QED) is 0.479. The first-order valence-electron chi connectivity index (χ1n) is 6.81. The van der Waals surface area contributed by atoms with Gasteiger partial charge in [-0.15, -0.1) is 0 Å². The van der Waals surface area contributed by atoms with Crippen molar-refractivity contribution in [2.45, 2.75) is 12.8 Å². The van der Waals surface area contributed by atoms with Crippen molar-refractivity contribution in [1.82, 2.24) is 0 Å². The molecule has 5 heteroatoms. The second-order valence-corrected chi connectivity index (χ2v) is 4.63. The predicted molar refractivity (Wildman–Crippen MR) is 82.9 cm³/mol. The van der Waals surface area contributed by atoms with E-state index in [4.69, 9.17) is 4.74 Å². The number of methoxy groups -OCH3 is 1. The minimum absolute atomic E-state index is 0.0142. The zero-order valence-electron chi connectivity index (χ0n) is 11.9. The average Bonchev–Trinajstić information content (AvgIpc) is 2.52. The first-order valence-corrected chi connectivity index (χ1v) is 6.81. The van der Waals surface area contributed by atoms with Gasteiger partial charge in [0.05, 0.1) is 12.0 Å². The van der Waals surface area contributed by atoms with Crippen LogP contribution in [-0.4, -0.2) is 18.6 Å². The normalized spacial score (nSPS) is 10.1. The number of nitrogens with one attached hydrogen (secondary N) is 1. The number of ether oxygens (including phenoxy) is 1. The van der Waals surface area contributed by atoms with Crippen LogP contribution in [0.4, 0.5) is 11.4 Å². The van der Waals surface area contributed by atoms with Crippen LogP contribution in [0.1, 0.15) is 12.0 Å². The molecule has 0 atom stereocenters. The van der Waals surface area contributed by atoms with Gasteiger partial charge in [0.2, 0.25) is 0 Å². The highest BCUT2D eigenvalue weighted by atomic mass is 16.6. The molecule has 0 aromatic heterocycles. The fraction of sp³-hybridized carbons (Fsp3) is 0.250. The lowest BCUT2D eigenvalue weighted by Crippen LogP contribution is -2.06. The van der Waals surface area contributed by atoms with Crippen LogP contribution in [0.2, 0.25) is 0 Å². The molecule has 0 aliphatic rings. The molecule has 0 aliphatic heterocycles. The third-order valence-corrected chi connectivity index (χ3v) is 3.20. The summed E-state index contributed by atoms with van der Waals surface area (Å²) in [6.45, 7) is 0.670. The molecule has 0 bridgehead atoms. The number of nitro benzene ring substituents is 1. The van der Waals surface area contributed by atoms with Crippen molar-refractivity contribution >= 4 is 11.4 Å². The Balaban J connectivity index is 1.95. The Bertz CT molecular complexity index is 600. The number of nitro groups is 1. The van der Waals surface area contributed by atoms with Gasteiger partial charge in [-0.3, -0.25) is 10.1 Å². The molecule has 0 heterocycles. The molecule has 2 aromatic carbocycles. The fourth-order valence-corrected chi connectivity index (χ4v) is 2.18. The Labute approximate surface area is 123 Å². The maximum atomic E-state index is 11.1. The fourth-order valence-electron chi connectivity index (χ4n) is 2.18. The van der Waals surface area contributed by atoms with E-state index in [-0.39, 0.29) is 11.4 Å². The zero-order chi connectivity index (χ0) is 15.1. The molecule has 2 rings (SSSR count). The predicted octanol–water partition coefficient (Wildman–Crippen LogP) is 3.65. The Morgan fingerprint density at radius 3 is 2.57 bits per heavy atom. The lowest BCUT2D eigenvalue weighted by molar-refractivity contribution is -0.384. The Morgan fingerprint density at radius 2 is 1.90 bits per heavy atom. The summed E-state index contributed by atoms with van der Waals surface area (Å²) in [5.74, 6) is 0.271. The lowest BCUT2D eigenvalue weighted by atomic mass is 10.1. The molecular formula is C16H18N2O3. The van der Waals surface area contributed by atoms with E-state index in [9.17, 15) is 10.1 Å². The number of anilines is 1. The lowest BCUT2D eigenvalue weighted by Gasteiger charge is -2.09. The molecule has 0 spiro atoms. The standard InChI is InChI=1S/C16H18N2O3/c1-21-15-11-5-10-14(16(15)18(19)20)17-12-6-9-13-7-3-2-4-8-13/h2-5,7-8,10-11,17H,6,9,12H2,1H3. The van der Waals surface area contributed by atoms with Crippen molar-refractivity contribution in [2.75, 3.05) is 19.0 Å². The number of hydrogen-bond acceptors (Lipinski definition) is 4. The first-order chi connectivity index (χ1) is 10.2. The van der Waals surface area contributed by atoms with Gasteiger partial charge in [-0.25, -0.2) is 0 Å². The van der Waals surface area contributed by atoms with Crippen molar-refractivity contribution < 1.29 is 9.66 Å². The molecule has 5 nitrogen and oxygen atoms in total. The van der Waals surface area contributed by atoms with Crippen LogP contribution in [0.3, 0.4) is 0 Å². The summed E-state index contributed by atoms with van der Waals surface area (Å²) in [7, 11) is 1.43. The molecule has 21 heavy (non-hydrogen) atoms. The average molecular weight is 286 g/mol. The van der Waals surface area contributed by atoms with Gasteiger partial charge >= 0.3 is 5.69 Å². The van der Waals surface area contributed by atoms with E-state index >= 15 is 0 Å². The van der Waals surface area contributed by atoms with Gasteiger partial charge in [-0.2, -0.15) is 0 Å². The van der Waals surface area contributed by atoms with E-state index in [0.717, 1.165) is 12.8 Å². The Kier molecular flexibility index (Phi) is 5.15. The van der Waals surface area contributed by atoms with Gasteiger partial charge in [-0.05, 0) is 30.5 Å². The van der Waals surface area contributed by atoms with E-state index in [1.807, 2.05) is 18.2 Å². The number of para-hydroxylation sites is 1. The SMILES string of the molecule is COc1cccc(NCCCc2ccccc2)c1[N+](=O)[O-]. The first kappa shape index (κ1) is 14.8. The van der Waals surface area contributed by atoms with Crippen LogP contribution in [0.25, 0.3) is 0 Å². The van der Waals surface area contributed by atoms with Gasteiger partial charge in [0.15, 0.2) is 5.75 Å². The van der Waals surface area contributed by atoms with E-state index in [0.29, 0.717) is 12.2 Å². The highest BCUT2D eigenvalue weighted by Crippen LogP contribution is 2.34. The van der Waals surface area contributed by atoms with Crippen molar-refractivity contribution in [2.24, 2.45) is 0 Å². The molecule has 0 radical (unpaired) electrons. The van der Waals surface area contributed by atoms with Gasteiger partial charge in [0.25, 0.3) is 0 Å². The molecule has 0 unspecified atom stereocenters. The number of aryl methyl sites for hydroxylation is 1. The molecule has 0 amide bonds.